The van der Waals surface area contributed by atoms with E-state index in [2.05, 4.69) is 34.3 Å². The molecule has 0 saturated heterocycles. The zero-order chi connectivity index (χ0) is 16.8. The average molecular weight is 321 g/mol. The number of aryl methyl sites for hydroxylation is 1. The second-order valence-corrected chi connectivity index (χ2v) is 6.17. The number of aromatic amines is 1. The molecule has 4 heteroatoms. The minimum absolute atomic E-state index is 0.105. The summed E-state index contributed by atoms with van der Waals surface area (Å²) in [5.41, 5.74) is 3.28. The molecule has 1 heterocycles. The van der Waals surface area contributed by atoms with Crippen molar-refractivity contribution in [1.29, 1.82) is 0 Å². The minimum atomic E-state index is 0.105. The van der Waals surface area contributed by atoms with Crippen LogP contribution in [0.3, 0.4) is 0 Å². The Kier molecular flexibility index (Phi) is 5.26. The first-order valence-corrected chi connectivity index (χ1v) is 8.47. The monoisotopic (exact) mass is 321 g/mol. The van der Waals surface area contributed by atoms with Gasteiger partial charge in [0.15, 0.2) is 0 Å². The number of H-pyrrole nitrogens is 1. The number of carbonyl (C=O) groups is 1. The lowest BCUT2D eigenvalue weighted by atomic mass is 10.0. The molecule has 0 spiro atoms. The Balaban J connectivity index is 1.41. The third-order valence-electron chi connectivity index (χ3n) is 4.23. The van der Waals surface area contributed by atoms with Crippen molar-refractivity contribution in [2.45, 2.75) is 32.1 Å². The fraction of sp³-hybridized carbons (Fsp3) is 0.300. The molecule has 124 valence electrons. The highest BCUT2D eigenvalue weighted by Gasteiger charge is 2.08. The molecule has 0 saturated carbocycles. The summed E-state index contributed by atoms with van der Waals surface area (Å²) in [6.07, 6.45) is 2.11. The summed E-state index contributed by atoms with van der Waals surface area (Å²) in [5.74, 6) is 1.38. The van der Waals surface area contributed by atoms with Crippen molar-refractivity contribution in [2.75, 3.05) is 6.54 Å². The van der Waals surface area contributed by atoms with Gasteiger partial charge in [0.2, 0.25) is 5.91 Å². The molecule has 2 N–H and O–H groups in total. The van der Waals surface area contributed by atoms with Crippen LogP contribution < -0.4 is 5.32 Å². The van der Waals surface area contributed by atoms with E-state index in [9.17, 15) is 4.79 Å². The molecule has 0 aliphatic heterocycles. The van der Waals surface area contributed by atoms with E-state index < -0.39 is 0 Å². The van der Waals surface area contributed by atoms with Crippen molar-refractivity contribution in [1.82, 2.24) is 15.3 Å². The van der Waals surface area contributed by atoms with Crippen LogP contribution in [0.2, 0.25) is 0 Å². The SMILES string of the molecule is C[C@@H](CNC(=O)CCCc1nc2ccccc2[nH]1)c1ccccc1. The zero-order valence-corrected chi connectivity index (χ0v) is 14.0. The molecule has 0 aliphatic carbocycles. The Labute approximate surface area is 142 Å². The number of amides is 1. The van der Waals surface area contributed by atoms with Crippen molar-refractivity contribution in [3.05, 3.63) is 66.0 Å². The van der Waals surface area contributed by atoms with Crippen LogP contribution in [0.4, 0.5) is 0 Å². The first-order chi connectivity index (χ1) is 11.7. The molecular weight excluding hydrogens is 298 g/mol. The van der Waals surface area contributed by atoms with Crippen LogP contribution >= 0.6 is 0 Å². The normalized spacial score (nSPS) is 12.2. The Morgan fingerprint density at radius 2 is 1.88 bits per heavy atom. The van der Waals surface area contributed by atoms with Crippen molar-refractivity contribution in [3.8, 4) is 0 Å². The van der Waals surface area contributed by atoms with Gasteiger partial charge in [-0.25, -0.2) is 4.98 Å². The fourth-order valence-electron chi connectivity index (χ4n) is 2.80. The van der Waals surface area contributed by atoms with Crippen molar-refractivity contribution >= 4 is 16.9 Å². The van der Waals surface area contributed by atoms with E-state index in [-0.39, 0.29) is 5.91 Å². The van der Waals surface area contributed by atoms with E-state index >= 15 is 0 Å². The van der Waals surface area contributed by atoms with Crippen LogP contribution in [-0.2, 0) is 11.2 Å². The van der Waals surface area contributed by atoms with Gasteiger partial charge in [-0.05, 0) is 30.0 Å². The number of aromatic nitrogens is 2. The Morgan fingerprint density at radius 3 is 2.67 bits per heavy atom. The molecule has 3 rings (SSSR count). The number of hydrogen-bond donors (Lipinski definition) is 2. The van der Waals surface area contributed by atoms with Gasteiger partial charge in [0.25, 0.3) is 0 Å². The van der Waals surface area contributed by atoms with Crippen LogP contribution in [0.15, 0.2) is 54.6 Å². The second-order valence-electron chi connectivity index (χ2n) is 6.17. The quantitative estimate of drug-likeness (QED) is 0.695. The smallest absolute Gasteiger partial charge is 0.220 e. The highest BCUT2D eigenvalue weighted by Crippen LogP contribution is 2.14. The molecule has 0 radical (unpaired) electrons. The van der Waals surface area contributed by atoms with Crippen LogP contribution in [-0.4, -0.2) is 22.4 Å². The second kappa shape index (κ2) is 7.77. The standard InChI is InChI=1S/C20H23N3O/c1-15(16-8-3-2-4-9-16)14-21-20(24)13-7-12-19-22-17-10-5-6-11-18(17)23-19/h2-6,8-11,15H,7,12-14H2,1H3,(H,21,24)(H,22,23)/t15-/m0/s1. The maximum atomic E-state index is 12.0. The predicted molar refractivity (Wildman–Crippen MR) is 96.9 cm³/mol. The topological polar surface area (TPSA) is 57.8 Å². The van der Waals surface area contributed by atoms with E-state index in [1.165, 1.54) is 5.56 Å². The van der Waals surface area contributed by atoms with Gasteiger partial charge in [0.1, 0.15) is 5.82 Å². The molecule has 1 aromatic heterocycles. The minimum Gasteiger partial charge on any atom is -0.356 e. The van der Waals surface area contributed by atoms with Crippen molar-refractivity contribution < 1.29 is 4.79 Å². The van der Waals surface area contributed by atoms with Crippen molar-refractivity contribution in [2.24, 2.45) is 0 Å². The highest BCUT2D eigenvalue weighted by atomic mass is 16.1. The Morgan fingerprint density at radius 1 is 1.12 bits per heavy atom. The molecule has 0 unspecified atom stereocenters. The maximum Gasteiger partial charge on any atom is 0.220 e. The molecule has 0 aliphatic rings. The molecule has 2 aromatic carbocycles. The molecule has 1 amide bonds. The molecule has 3 aromatic rings. The summed E-state index contributed by atoms with van der Waals surface area (Å²) in [4.78, 5) is 19.8. The number of benzene rings is 2. The zero-order valence-electron chi connectivity index (χ0n) is 14.0. The molecule has 24 heavy (non-hydrogen) atoms. The first-order valence-electron chi connectivity index (χ1n) is 8.47. The number of nitrogens with zero attached hydrogens (tertiary/aromatic N) is 1. The van der Waals surface area contributed by atoms with Gasteiger partial charge in [-0.2, -0.15) is 0 Å². The third-order valence-corrected chi connectivity index (χ3v) is 4.23. The third kappa shape index (κ3) is 4.22. The van der Waals surface area contributed by atoms with Gasteiger partial charge in [-0.3, -0.25) is 4.79 Å². The number of fused-ring (bicyclic) bond motifs is 1. The maximum absolute atomic E-state index is 12.0. The number of para-hydroxylation sites is 2. The Bertz CT molecular complexity index is 762. The van der Waals surface area contributed by atoms with Crippen LogP contribution in [0.1, 0.15) is 37.1 Å². The summed E-state index contributed by atoms with van der Waals surface area (Å²) in [5, 5.41) is 3.02. The van der Waals surface area contributed by atoms with E-state index in [0.29, 0.717) is 18.9 Å². The van der Waals surface area contributed by atoms with Crippen LogP contribution in [0.5, 0.6) is 0 Å². The lowest BCUT2D eigenvalue weighted by molar-refractivity contribution is -0.121. The summed E-state index contributed by atoms with van der Waals surface area (Å²) < 4.78 is 0. The van der Waals surface area contributed by atoms with Gasteiger partial charge in [-0.1, -0.05) is 49.4 Å². The van der Waals surface area contributed by atoms with Crippen LogP contribution in [0.25, 0.3) is 11.0 Å². The summed E-state index contributed by atoms with van der Waals surface area (Å²) in [6, 6.07) is 18.2. The molecule has 1 atom stereocenters. The predicted octanol–water partition coefficient (Wildman–Crippen LogP) is 3.81. The van der Waals surface area contributed by atoms with Gasteiger partial charge < -0.3 is 10.3 Å². The average Bonchev–Trinajstić information content (AvgIpc) is 3.03. The summed E-state index contributed by atoms with van der Waals surface area (Å²) >= 11 is 0. The van der Waals surface area contributed by atoms with Gasteiger partial charge >= 0.3 is 0 Å². The summed E-state index contributed by atoms with van der Waals surface area (Å²) in [7, 11) is 0. The van der Waals surface area contributed by atoms with E-state index in [1.807, 2.05) is 42.5 Å². The van der Waals surface area contributed by atoms with E-state index in [1.54, 1.807) is 0 Å². The first kappa shape index (κ1) is 16.2. The summed E-state index contributed by atoms with van der Waals surface area (Å²) in [6.45, 7) is 2.80. The lowest BCUT2D eigenvalue weighted by Gasteiger charge is -2.12. The largest absolute Gasteiger partial charge is 0.356 e. The van der Waals surface area contributed by atoms with Gasteiger partial charge in [-0.15, -0.1) is 0 Å². The number of imidazole rings is 1. The molecule has 4 nitrogen and oxygen atoms in total. The number of nitrogens with one attached hydrogen (secondary N) is 2. The van der Waals surface area contributed by atoms with Gasteiger partial charge in [0.05, 0.1) is 11.0 Å². The number of hydrogen-bond acceptors (Lipinski definition) is 2. The molecule has 0 bridgehead atoms. The number of rotatable bonds is 7. The Hall–Kier alpha value is -2.62. The lowest BCUT2D eigenvalue weighted by Crippen LogP contribution is -2.27. The van der Waals surface area contributed by atoms with E-state index in [0.717, 1.165) is 29.7 Å². The van der Waals surface area contributed by atoms with Crippen LogP contribution in [0, 0.1) is 0 Å². The van der Waals surface area contributed by atoms with E-state index in [4.69, 9.17) is 0 Å². The number of carbonyl (C=O) groups excluding carboxylic acids is 1. The highest BCUT2D eigenvalue weighted by molar-refractivity contribution is 5.76. The molecular formula is C20H23N3O. The fourth-order valence-corrected chi connectivity index (χ4v) is 2.80. The van der Waals surface area contributed by atoms with Gasteiger partial charge in [0, 0.05) is 19.4 Å². The molecule has 0 fully saturated rings. The van der Waals surface area contributed by atoms with Crippen molar-refractivity contribution in [3.63, 3.8) is 0 Å².